The third-order valence-corrected chi connectivity index (χ3v) is 2.04. The third kappa shape index (κ3) is 3.28. The van der Waals surface area contributed by atoms with E-state index in [9.17, 15) is 0 Å². The molecule has 2 atom stereocenters. The van der Waals surface area contributed by atoms with Crippen LogP contribution in [0.5, 0.6) is 0 Å². The van der Waals surface area contributed by atoms with E-state index in [1.54, 1.807) is 0 Å². The van der Waals surface area contributed by atoms with E-state index in [1.165, 1.54) is 12.0 Å². The lowest BCUT2D eigenvalue weighted by Gasteiger charge is -2.16. The first-order valence-corrected chi connectivity index (χ1v) is 4.21. The van der Waals surface area contributed by atoms with Crippen molar-refractivity contribution in [3.8, 4) is 11.8 Å². The van der Waals surface area contributed by atoms with Crippen molar-refractivity contribution in [1.29, 1.82) is 0 Å². The molecule has 0 aromatic carbocycles. The van der Waals surface area contributed by atoms with Crippen LogP contribution in [0.15, 0.2) is 12.2 Å². The van der Waals surface area contributed by atoms with Crippen molar-refractivity contribution in [2.75, 3.05) is 0 Å². The van der Waals surface area contributed by atoms with Crippen LogP contribution >= 0.6 is 0 Å². The molecule has 2 unspecified atom stereocenters. The van der Waals surface area contributed by atoms with E-state index in [0.29, 0.717) is 11.8 Å². The number of hydrogen-bond donors (Lipinski definition) is 0. The summed E-state index contributed by atoms with van der Waals surface area (Å²) in [6.45, 7) is 12.3. The van der Waals surface area contributed by atoms with Crippen molar-refractivity contribution in [1.82, 2.24) is 0 Å². The van der Waals surface area contributed by atoms with Crippen molar-refractivity contribution in [2.45, 2.75) is 34.1 Å². The summed E-state index contributed by atoms with van der Waals surface area (Å²) in [5.41, 5.74) is 1.19. The maximum absolute atomic E-state index is 3.94. The van der Waals surface area contributed by atoms with Crippen molar-refractivity contribution in [2.24, 2.45) is 11.8 Å². The third-order valence-electron chi connectivity index (χ3n) is 2.04. The highest BCUT2D eigenvalue weighted by molar-refractivity contribution is 5.15. The van der Waals surface area contributed by atoms with Gasteiger partial charge in [-0.05, 0) is 19.8 Å². The van der Waals surface area contributed by atoms with E-state index in [2.05, 4.69) is 39.2 Å². The standard InChI is InChI=1S/C11H18/c1-6-8-11(9(3)4)10(5)7-2/h10-11H,3,7H2,1-2,4-5H3. The van der Waals surface area contributed by atoms with Gasteiger partial charge in [-0.15, -0.1) is 5.92 Å². The first-order valence-electron chi connectivity index (χ1n) is 4.21. The first kappa shape index (κ1) is 10.3. The zero-order chi connectivity index (χ0) is 8.85. The molecule has 0 N–H and O–H groups in total. The Balaban J connectivity index is 4.29. The summed E-state index contributed by atoms with van der Waals surface area (Å²) in [5.74, 6) is 7.17. The van der Waals surface area contributed by atoms with Gasteiger partial charge in [-0.2, -0.15) is 0 Å². The summed E-state index contributed by atoms with van der Waals surface area (Å²) in [7, 11) is 0. The smallest absolute Gasteiger partial charge is 0.0432 e. The van der Waals surface area contributed by atoms with Crippen LogP contribution in [-0.4, -0.2) is 0 Å². The molecular weight excluding hydrogens is 132 g/mol. The molecule has 0 heterocycles. The van der Waals surface area contributed by atoms with Gasteiger partial charge in [-0.3, -0.25) is 0 Å². The summed E-state index contributed by atoms with van der Waals surface area (Å²) in [6.07, 6.45) is 1.17. The van der Waals surface area contributed by atoms with Crippen LogP contribution in [0, 0.1) is 23.7 Å². The van der Waals surface area contributed by atoms with E-state index >= 15 is 0 Å². The Morgan fingerprint density at radius 2 is 2.09 bits per heavy atom. The molecule has 0 saturated carbocycles. The summed E-state index contributed by atoms with van der Waals surface area (Å²) in [5, 5.41) is 0. The first-order chi connectivity index (χ1) is 5.13. The molecule has 62 valence electrons. The average Bonchev–Trinajstić information content (AvgIpc) is 1.98. The zero-order valence-electron chi connectivity index (χ0n) is 8.07. The molecule has 0 spiro atoms. The highest BCUT2D eigenvalue weighted by atomic mass is 14.2. The molecule has 0 aromatic heterocycles. The van der Waals surface area contributed by atoms with Gasteiger partial charge in [-0.25, -0.2) is 0 Å². The molecular formula is C11H18. The quantitative estimate of drug-likeness (QED) is 0.428. The van der Waals surface area contributed by atoms with Crippen LogP contribution in [-0.2, 0) is 0 Å². The van der Waals surface area contributed by atoms with E-state index in [4.69, 9.17) is 0 Å². The maximum Gasteiger partial charge on any atom is 0.0432 e. The lowest BCUT2D eigenvalue weighted by Crippen LogP contribution is -2.09. The van der Waals surface area contributed by atoms with Crippen molar-refractivity contribution >= 4 is 0 Å². The molecule has 0 aliphatic heterocycles. The van der Waals surface area contributed by atoms with Crippen molar-refractivity contribution < 1.29 is 0 Å². The largest absolute Gasteiger partial charge is 0.106 e. The van der Waals surface area contributed by atoms with Crippen LogP contribution in [0.2, 0.25) is 0 Å². The Morgan fingerprint density at radius 1 is 1.55 bits per heavy atom. The van der Waals surface area contributed by atoms with Crippen LogP contribution in [0.3, 0.4) is 0 Å². The number of rotatable bonds is 3. The summed E-state index contributed by atoms with van der Waals surface area (Å²) in [4.78, 5) is 0. The summed E-state index contributed by atoms with van der Waals surface area (Å²) >= 11 is 0. The second-order valence-electron chi connectivity index (χ2n) is 3.10. The van der Waals surface area contributed by atoms with Gasteiger partial charge in [0, 0.05) is 5.92 Å². The predicted octanol–water partition coefficient (Wildman–Crippen LogP) is 3.25. The monoisotopic (exact) mass is 150 g/mol. The summed E-state index contributed by atoms with van der Waals surface area (Å²) in [6, 6.07) is 0. The fraction of sp³-hybridized carbons (Fsp3) is 0.636. The molecule has 0 aliphatic carbocycles. The molecule has 0 fully saturated rings. The molecule has 0 amide bonds. The molecule has 0 saturated heterocycles. The van der Waals surface area contributed by atoms with Gasteiger partial charge >= 0.3 is 0 Å². The molecule has 0 bridgehead atoms. The number of allylic oxidation sites excluding steroid dienone is 1. The number of hydrogen-bond acceptors (Lipinski definition) is 0. The van der Waals surface area contributed by atoms with E-state index in [-0.39, 0.29) is 0 Å². The lowest BCUT2D eigenvalue weighted by atomic mass is 9.87. The molecule has 11 heavy (non-hydrogen) atoms. The Kier molecular flexibility index (Phi) is 4.70. The Labute approximate surface area is 70.7 Å². The topological polar surface area (TPSA) is 0 Å². The SMILES string of the molecule is C=C(C)C(C#CC)C(C)CC. The fourth-order valence-electron chi connectivity index (χ4n) is 1.14. The Morgan fingerprint density at radius 3 is 2.36 bits per heavy atom. The summed E-state index contributed by atoms with van der Waals surface area (Å²) < 4.78 is 0. The van der Waals surface area contributed by atoms with E-state index in [0.717, 1.165) is 0 Å². The zero-order valence-corrected chi connectivity index (χ0v) is 8.07. The van der Waals surface area contributed by atoms with E-state index < -0.39 is 0 Å². The van der Waals surface area contributed by atoms with Gasteiger partial charge < -0.3 is 0 Å². The highest BCUT2D eigenvalue weighted by Crippen LogP contribution is 2.20. The predicted molar refractivity (Wildman–Crippen MR) is 51.2 cm³/mol. The lowest BCUT2D eigenvalue weighted by molar-refractivity contribution is 0.477. The highest BCUT2D eigenvalue weighted by Gasteiger charge is 2.12. The van der Waals surface area contributed by atoms with Gasteiger partial charge in [0.1, 0.15) is 0 Å². The molecule has 0 aromatic rings. The van der Waals surface area contributed by atoms with Crippen LogP contribution in [0.1, 0.15) is 34.1 Å². The van der Waals surface area contributed by atoms with Crippen LogP contribution in [0.25, 0.3) is 0 Å². The van der Waals surface area contributed by atoms with Crippen molar-refractivity contribution in [3.63, 3.8) is 0 Å². The van der Waals surface area contributed by atoms with Crippen molar-refractivity contribution in [3.05, 3.63) is 12.2 Å². The molecule has 0 heteroatoms. The maximum atomic E-state index is 3.94. The minimum atomic E-state index is 0.394. The van der Waals surface area contributed by atoms with Gasteiger partial charge in [0.2, 0.25) is 0 Å². The molecule has 0 aliphatic rings. The average molecular weight is 150 g/mol. The second-order valence-corrected chi connectivity index (χ2v) is 3.10. The Bertz CT molecular complexity index is 178. The van der Waals surface area contributed by atoms with E-state index in [1.807, 2.05) is 6.92 Å². The van der Waals surface area contributed by atoms with Gasteiger partial charge in [0.15, 0.2) is 0 Å². The molecule has 0 nitrogen and oxygen atoms in total. The minimum Gasteiger partial charge on any atom is -0.106 e. The van der Waals surface area contributed by atoms with Crippen LogP contribution in [0.4, 0.5) is 0 Å². The molecule has 0 rings (SSSR count). The second kappa shape index (κ2) is 5.02. The molecule has 0 radical (unpaired) electrons. The van der Waals surface area contributed by atoms with Crippen LogP contribution < -0.4 is 0 Å². The van der Waals surface area contributed by atoms with Gasteiger partial charge in [-0.1, -0.05) is 38.3 Å². The van der Waals surface area contributed by atoms with Gasteiger partial charge in [0.25, 0.3) is 0 Å². The Hall–Kier alpha value is -0.700. The minimum absolute atomic E-state index is 0.394. The van der Waals surface area contributed by atoms with Gasteiger partial charge in [0.05, 0.1) is 0 Å². The normalized spacial score (nSPS) is 14.5. The fourth-order valence-corrected chi connectivity index (χ4v) is 1.14.